The van der Waals surface area contributed by atoms with Crippen molar-refractivity contribution in [2.45, 2.75) is 22.7 Å². The fourth-order valence-electron chi connectivity index (χ4n) is 0.604. The van der Waals surface area contributed by atoms with Crippen molar-refractivity contribution >= 4 is 27.4 Å². The highest BCUT2D eigenvalue weighted by molar-refractivity contribution is 7.94. The first-order valence-corrected chi connectivity index (χ1v) is 5.28. The number of alkyl halides is 4. The molecule has 0 radical (unpaired) electrons. The van der Waals surface area contributed by atoms with Crippen LogP contribution in [0.25, 0.3) is 0 Å². The zero-order chi connectivity index (χ0) is 12.5. The standard InChI is InChI=1S/C5H7ClF3NO4S/c6-4(10,2-1-3(11)12)15(13,14)5(7,8)9/h1-2,10H2,(H,11,12). The fraction of sp³-hybridized carbons (Fsp3) is 0.800. The molecule has 3 N–H and O–H groups in total. The Hall–Kier alpha value is -0.540. The number of hydrogen-bond donors (Lipinski definition) is 2. The second kappa shape index (κ2) is 4.14. The van der Waals surface area contributed by atoms with Gasteiger partial charge in [0.2, 0.25) is 4.33 Å². The third kappa shape index (κ3) is 3.21. The SMILES string of the molecule is NC(Cl)(CCC(=O)O)S(=O)(=O)C(F)(F)F. The molecule has 0 aromatic carbocycles. The van der Waals surface area contributed by atoms with Gasteiger partial charge in [0, 0.05) is 12.8 Å². The van der Waals surface area contributed by atoms with Gasteiger partial charge < -0.3 is 5.11 Å². The Morgan fingerprint density at radius 3 is 2.07 bits per heavy atom. The molecule has 1 atom stereocenters. The third-order valence-electron chi connectivity index (χ3n) is 1.43. The van der Waals surface area contributed by atoms with Crippen molar-refractivity contribution in [3.8, 4) is 0 Å². The monoisotopic (exact) mass is 269 g/mol. The maximum Gasteiger partial charge on any atom is 0.500 e. The van der Waals surface area contributed by atoms with Crippen molar-refractivity contribution in [1.29, 1.82) is 0 Å². The Labute approximate surface area is 87.9 Å². The largest absolute Gasteiger partial charge is 0.500 e. The summed E-state index contributed by atoms with van der Waals surface area (Å²) in [5.41, 5.74) is -0.886. The number of hydrogen-bond acceptors (Lipinski definition) is 4. The quantitative estimate of drug-likeness (QED) is 0.576. The molecule has 0 aliphatic rings. The molecule has 90 valence electrons. The van der Waals surface area contributed by atoms with Gasteiger partial charge in [0.1, 0.15) is 0 Å². The summed E-state index contributed by atoms with van der Waals surface area (Å²) in [5, 5.41) is 8.16. The topological polar surface area (TPSA) is 97.5 Å². The van der Waals surface area contributed by atoms with Gasteiger partial charge in [-0.05, 0) is 0 Å². The highest BCUT2D eigenvalue weighted by atomic mass is 35.5. The zero-order valence-corrected chi connectivity index (χ0v) is 8.66. The molecule has 0 amide bonds. The zero-order valence-electron chi connectivity index (χ0n) is 7.08. The molecule has 0 aromatic rings. The number of nitrogens with two attached hydrogens (primary N) is 1. The van der Waals surface area contributed by atoms with E-state index in [4.69, 9.17) is 22.4 Å². The molecule has 0 saturated heterocycles. The summed E-state index contributed by atoms with van der Waals surface area (Å²) in [6, 6.07) is 0. The molecule has 1 unspecified atom stereocenters. The van der Waals surface area contributed by atoms with Crippen LogP contribution in [-0.2, 0) is 14.6 Å². The van der Waals surface area contributed by atoms with Gasteiger partial charge in [0.15, 0.2) is 0 Å². The van der Waals surface area contributed by atoms with E-state index < -0.39 is 38.5 Å². The molecule has 0 spiro atoms. The molecule has 0 saturated carbocycles. The van der Waals surface area contributed by atoms with Crippen molar-refractivity contribution in [1.82, 2.24) is 0 Å². The predicted octanol–water partition coefficient (Wildman–Crippen LogP) is 0.637. The Balaban J connectivity index is 4.96. The number of carboxylic acids is 1. The lowest BCUT2D eigenvalue weighted by molar-refractivity contribution is -0.137. The number of rotatable bonds is 4. The van der Waals surface area contributed by atoms with E-state index in [1.165, 1.54) is 0 Å². The van der Waals surface area contributed by atoms with Crippen molar-refractivity contribution in [3.05, 3.63) is 0 Å². The molecular formula is C5H7ClF3NO4S. The van der Waals surface area contributed by atoms with Gasteiger partial charge in [-0.3, -0.25) is 10.5 Å². The summed E-state index contributed by atoms with van der Waals surface area (Å²) >= 11 is 4.96. The van der Waals surface area contributed by atoms with Crippen LogP contribution in [0.5, 0.6) is 0 Å². The van der Waals surface area contributed by atoms with Crippen LogP contribution in [0.1, 0.15) is 12.8 Å². The highest BCUT2D eigenvalue weighted by Gasteiger charge is 2.57. The van der Waals surface area contributed by atoms with E-state index in [1.54, 1.807) is 0 Å². The van der Waals surface area contributed by atoms with E-state index in [0.717, 1.165) is 0 Å². The first kappa shape index (κ1) is 14.5. The van der Waals surface area contributed by atoms with Crippen LogP contribution in [0.3, 0.4) is 0 Å². The second-order valence-corrected chi connectivity index (χ2v) is 5.73. The van der Waals surface area contributed by atoms with E-state index in [9.17, 15) is 26.4 Å². The predicted molar refractivity (Wildman–Crippen MR) is 44.6 cm³/mol. The molecule has 0 aromatic heterocycles. The minimum Gasteiger partial charge on any atom is -0.481 e. The Bertz CT molecular complexity index is 350. The minimum absolute atomic E-state index is 0.880. The van der Waals surface area contributed by atoms with Gasteiger partial charge in [-0.2, -0.15) is 13.2 Å². The Kier molecular flexibility index (Phi) is 3.99. The van der Waals surface area contributed by atoms with Gasteiger partial charge >= 0.3 is 11.5 Å². The molecule has 0 bridgehead atoms. The average Bonchev–Trinajstić information content (AvgIpc) is 1.98. The summed E-state index contributed by atoms with van der Waals surface area (Å²) in [5.74, 6) is -1.50. The van der Waals surface area contributed by atoms with Gasteiger partial charge in [-0.1, -0.05) is 11.6 Å². The van der Waals surface area contributed by atoms with Crippen molar-refractivity contribution in [3.63, 3.8) is 0 Å². The van der Waals surface area contributed by atoms with E-state index in [-0.39, 0.29) is 0 Å². The molecule has 0 rings (SSSR count). The summed E-state index contributed by atoms with van der Waals surface area (Å²) in [6.45, 7) is 0. The first-order chi connectivity index (χ1) is 6.42. The van der Waals surface area contributed by atoms with E-state index in [0.29, 0.717) is 0 Å². The van der Waals surface area contributed by atoms with E-state index in [1.807, 2.05) is 0 Å². The lowest BCUT2D eigenvalue weighted by atomic mass is 10.3. The highest BCUT2D eigenvalue weighted by Crippen LogP contribution is 2.35. The smallest absolute Gasteiger partial charge is 0.481 e. The number of halogens is 4. The van der Waals surface area contributed by atoms with Crippen LogP contribution in [0.4, 0.5) is 13.2 Å². The van der Waals surface area contributed by atoms with Crippen LogP contribution >= 0.6 is 11.6 Å². The molecular weight excluding hydrogens is 263 g/mol. The van der Waals surface area contributed by atoms with Gasteiger partial charge in [-0.25, -0.2) is 8.42 Å². The van der Waals surface area contributed by atoms with Gasteiger partial charge in [0.05, 0.1) is 0 Å². The molecule has 0 fully saturated rings. The van der Waals surface area contributed by atoms with Crippen LogP contribution in [0.2, 0.25) is 0 Å². The maximum atomic E-state index is 12.0. The molecule has 5 nitrogen and oxygen atoms in total. The van der Waals surface area contributed by atoms with Gasteiger partial charge in [-0.15, -0.1) is 0 Å². The molecule has 15 heavy (non-hydrogen) atoms. The second-order valence-electron chi connectivity index (χ2n) is 2.63. The summed E-state index contributed by atoms with van der Waals surface area (Å²) < 4.78 is 54.1. The number of aliphatic carboxylic acids is 1. The molecule has 0 aliphatic heterocycles. The maximum absolute atomic E-state index is 12.0. The summed E-state index contributed by atoms with van der Waals surface area (Å²) in [7, 11) is -5.79. The molecule has 0 heterocycles. The van der Waals surface area contributed by atoms with E-state index in [2.05, 4.69) is 0 Å². The number of sulfone groups is 1. The number of carboxylic acid groups (broad SMARTS) is 1. The Morgan fingerprint density at radius 2 is 1.80 bits per heavy atom. The lowest BCUT2D eigenvalue weighted by Gasteiger charge is -2.22. The van der Waals surface area contributed by atoms with Crippen LogP contribution in [-0.4, -0.2) is 29.3 Å². The molecule has 10 heteroatoms. The van der Waals surface area contributed by atoms with E-state index >= 15 is 0 Å². The Morgan fingerprint density at radius 1 is 1.40 bits per heavy atom. The van der Waals surface area contributed by atoms with Gasteiger partial charge in [0.25, 0.3) is 9.84 Å². The summed E-state index contributed by atoms with van der Waals surface area (Å²) in [6.07, 6.45) is -1.92. The van der Waals surface area contributed by atoms with Crippen LogP contribution in [0, 0.1) is 0 Å². The number of carbonyl (C=O) groups is 1. The summed E-state index contributed by atoms with van der Waals surface area (Å²) in [4.78, 5) is 10.0. The minimum atomic E-state index is -5.79. The van der Waals surface area contributed by atoms with Crippen molar-refractivity contribution in [2.75, 3.05) is 0 Å². The fourth-order valence-corrected chi connectivity index (χ4v) is 1.72. The third-order valence-corrected chi connectivity index (χ3v) is 3.94. The van der Waals surface area contributed by atoms with Crippen LogP contribution < -0.4 is 5.73 Å². The van der Waals surface area contributed by atoms with Crippen molar-refractivity contribution < 1.29 is 31.5 Å². The van der Waals surface area contributed by atoms with Crippen LogP contribution in [0.15, 0.2) is 0 Å². The lowest BCUT2D eigenvalue weighted by Crippen LogP contribution is -2.49. The average molecular weight is 270 g/mol. The normalized spacial score (nSPS) is 17.1. The van der Waals surface area contributed by atoms with Crippen molar-refractivity contribution in [2.24, 2.45) is 5.73 Å². The molecule has 0 aliphatic carbocycles. The first-order valence-electron chi connectivity index (χ1n) is 3.42.